The van der Waals surface area contributed by atoms with E-state index in [1.807, 2.05) is 6.92 Å². The number of aromatic carboxylic acids is 1. The predicted molar refractivity (Wildman–Crippen MR) is 108 cm³/mol. The minimum Gasteiger partial charge on any atom is -0.487 e. The van der Waals surface area contributed by atoms with Crippen LogP contribution in [0, 0.1) is 18.6 Å². The van der Waals surface area contributed by atoms with Gasteiger partial charge in [-0.05, 0) is 41.9 Å². The number of nitrogens with zero attached hydrogens (tertiary/aromatic N) is 3. The minimum atomic E-state index is -1.05. The number of carbonyl (C=O) groups is 1. The van der Waals surface area contributed by atoms with Gasteiger partial charge in [-0.3, -0.25) is 9.78 Å². The molecule has 0 aliphatic rings. The van der Waals surface area contributed by atoms with E-state index in [-0.39, 0.29) is 27.9 Å². The van der Waals surface area contributed by atoms with E-state index in [4.69, 9.17) is 9.84 Å². The fourth-order valence-corrected chi connectivity index (χ4v) is 2.86. The summed E-state index contributed by atoms with van der Waals surface area (Å²) in [6, 6.07) is 4.99. The smallest absolute Gasteiger partial charge is 0.356 e. The van der Waals surface area contributed by atoms with Gasteiger partial charge in [0.15, 0.2) is 5.69 Å². The summed E-state index contributed by atoms with van der Waals surface area (Å²) < 4.78 is 33.7. The van der Waals surface area contributed by atoms with Gasteiger partial charge in [0.05, 0.1) is 6.20 Å². The molecule has 2 aromatic heterocycles. The van der Waals surface area contributed by atoms with Crippen LogP contribution in [-0.4, -0.2) is 25.6 Å². The summed E-state index contributed by atoms with van der Waals surface area (Å²) in [5.41, 5.74) is 0.741. The van der Waals surface area contributed by atoms with Crippen molar-refractivity contribution >= 4 is 21.9 Å². The number of benzene rings is 1. The molecule has 3 aromatic rings. The molecule has 0 atom stereocenters. The van der Waals surface area contributed by atoms with Crippen LogP contribution in [0.25, 0.3) is 0 Å². The van der Waals surface area contributed by atoms with E-state index < -0.39 is 17.6 Å². The molecule has 3 rings (SSSR count). The number of hydrogen-bond donors (Lipinski definition) is 1. The van der Waals surface area contributed by atoms with E-state index in [1.54, 1.807) is 17.6 Å². The van der Waals surface area contributed by atoms with Gasteiger partial charge < -0.3 is 14.4 Å². The number of hydrogen-bond acceptors (Lipinski definition) is 5. The first-order valence-corrected chi connectivity index (χ1v) is 9.49. The summed E-state index contributed by atoms with van der Waals surface area (Å²) in [7, 11) is 0. The first-order valence-electron chi connectivity index (χ1n) is 8.70. The third kappa shape index (κ3) is 5.93. The van der Waals surface area contributed by atoms with Crippen molar-refractivity contribution in [1.29, 1.82) is 0 Å². The largest absolute Gasteiger partial charge is 0.487 e. The zero-order chi connectivity index (χ0) is 22.3. The highest BCUT2D eigenvalue weighted by molar-refractivity contribution is 9.10. The molecule has 0 saturated heterocycles. The van der Waals surface area contributed by atoms with E-state index in [2.05, 4.69) is 25.9 Å². The fraction of sp³-hybridized carbons (Fsp3) is 0.200. The van der Waals surface area contributed by atoms with Gasteiger partial charge in [-0.15, -0.1) is 0 Å². The number of carboxylic acid groups (broad SMARTS) is 1. The zero-order valence-electron chi connectivity index (χ0n) is 16.1. The number of halogens is 3. The molecular formula is C20H18BrF2N3O4. The van der Waals surface area contributed by atoms with Crippen LogP contribution < -0.4 is 10.3 Å². The molecule has 1 aromatic carbocycles. The summed E-state index contributed by atoms with van der Waals surface area (Å²) in [6.45, 7) is 4.13. The van der Waals surface area contributed by atoms with E-state index in [9.17, 15) is 18.4 Å². The topological polar surface area (TPSA) is 94.3 Å². The standard InChI is InChI=1S/C15H14BrF2NO2.C5H4N2O2/c1-3-19-9(2)6-13(14(16)15(19)20)21-8-10-4-5-11(17)7-12(10)18;8-5(9)4-3-6-1-2-7-4/h4-7H,3,8H2,1-2H3;1-3H,(H,8,9). The van der Waals surface area contributed by atoms with E-state index >= 15 is 0 Å². The Bertz CT molecular complexity index is 1090. The van der Waals surface area contributed by atoms with Crippen molar-refractivity contribution < 1.29 is 23.4 Å². The van der Waals surface area contributed by atoms with Gasteiger partial charge in [-0.2, -0.15) is 0 Å². The molecule has 0 saturated carbocycles. The monoisotopic (exact) mass is 481 g/mol. The Morgan fingerprint density at radius 1 is 1.27 bits per heavy atom. The highest BCUT2D eigenvalue weighted by atomic mass is 79.9. The lowest BCUT2D eigenvalue weighted by atomic mass is 10.2. The number of aromatic nitrogens is 3. The molecule has 30 heavy (non-hydrogen) atoms. The highest BCUT2D eigenvalue weighted by Gasteiger charge is 2.12. The summed E-state index contributed by atoms with van der Waals surface area (Å²) in [4.78, 5) is 29.3. The summed E-state index contributed by atoms with van der Waals surface area (Å²) >= 11 is 3.20. The van der Waals surface area contributed by atoms with Crippen LogP contribution in [0.1, 0.15) is 28.7 Å². The Kier molecular flexibility index (Phi) is 8.16. The average Bonchev–Trinajstić information content (AvgIpc) is 2.72. The van der Waals surface area contributed by atoms with Crippen LogP contribution in [0.5, 0.6) is 5.75 Å². The second-order valence-electron chi connectivity index (χ2n) is 5.93. The van der Waals surface area contributed by atoms with Gasteiger partial charge in [0.1, 0.15) is 28.5 Å². The lowest BCUT2D eigenvalue weighted by Crippen LogP contribution is -2.22. The van der Waals surface area contributed by atoms with Crippen LogP contribution in [0.3, 0.4) is 0 Å². The minimum absolute atomic E-state index is 0.0301. The number of ether oxygens (including phenoxy) is 1. The summed E-state index contributed by atoms with van der Waals surface area (Å²) in [5.74, 6) is -2.03. The van der Waals surface area contributed by atoms with Crippen LogP contribution in [0.4, 0.5) is 8.78 Å². The normalized spacial score (nSPS) is 10.2. The van der Waals surface area contributed by atoms with E-state index in [0.29, 0.717) is 12.3 Å². The van der Waals surface area contributed by atoms with Gasteiger partial charge in [0.2, 0.25) is 0 Å². The quantitative estimate of drug-likeness (QED) is 0.592. The average molecular weight is 482 g/mol. The van der Waals surface area contributed by atoms with Crippen molar-refractivity contribution in [3.05, 3.63) is 86.3 Å². The molecule has 0 aliphatic carbocycles. The van der Waals surface area contributed by atoms with Gasteiger partial charge in [0, 0.05) is 42.3 Å². The number of carboxylic acids is 1. The Morgan fingerprint density at radius 2 is 2.00 bits per heavy atom. The number of rotatable bonds is 5. The highest BCUT2D eigenvalue weighted by Crippen LogP contribution is 2.24. The van der Waals surface area contributed by atoms with Crippen LogP contribution in [-0.2, 0) is 13.2 Å². The lowest BCUT2D eigenvalue weighted by molar-refractivity contribution is 0.0690. The van der Waals surface area contributed by atoms with Crippen LogP contribution in [0.15, 0.2) is 52.1 Å². The second-order valence-corrected chi connectivity index (χ2v) is 6.73. The molecule has 0 bridgehead atoms. The molecule has 158 valence electrons. The maximum absolute atomic E-state index is 13.5. The van der Waals surface area contributed by atoms with Crippen molar-refractivity contribution in [3.63, 3.8) is 0 Å². The summed E-state index contributed by atoms with van der Waals surface area (Å²) in [5, 5.41) is 8.28. The van der Waals surface area contributed by atoms with Crippen molar-refractivity contribution in [3.8, 4) is 5.75 Å². The van der Waals surface area contributed by atoms with Gasteiger partial charge in [0.25, 0.3) is 5.56 Å². The van der Waals surface area contributed by atoms with Crippen molar-refractivity contribution in [2.75, 3.05) is 0 Å². The molecule has 0 unspecified atom stereocenters. The number of pyridine rings is 1. The summed E-state index contributed by atoms with van der Waals surface area (Å²) in [6.07, 6.45) is 3.96. The molecule has 1 N–H and O–H groups in total. The van der Waals surface area contributed by atoms with Crippen molar-refractivity contribution in [2.45, 2.75) is 27.0 Å². The van der Waals surface area contributed by atoms with Gasteiger partial charge in [-0.1, -0.05) is 0 Å². The van der Waals surface area contributed by atoms with Crippen molar-refractivity contribution in [2.24, 2.45) is 0 Å². The van der Waals surface area contributed by atoms with E-state index in [1.165, 1.54) is 24.7 Å². The molecule has 0 amide bonds. The van der Waals surface area contributed by atoms with Gasteiger partial charge in [-0.25, -0.2) is 18.6 Å². The van der Waals surface area contributed by atoms with Gasteiger partial charge >= 0.3 is 5.97 Å². The lowest BCUT2D eigenvalue weighted by Gasteiger charge is -2.13. The molecular weight excluding hydrogens is 464 g/mol. The predicted octanol–water partition coefficient (Wildman–Crippen LogP) is 3.97. The maximum Gasteiger partial charge on any atom is 0.356 e. The third-order valence-corrected chi connectivity index (χ3v) is 4.64. The first-order chi connectivity index (χ1) is 14.2. The van der Waals surface area contributed by atoms with Crippen LogP contribution >= 0.6 is 15.9 Å². The Labute approximate surface area is 179 Å². The third-order valence-electron chi connectivity index (χ3n) is 3.91. The number of aryl methyl sites for hydroxylation is 1. The van der Waals surface area contributed by atoms with Crippen molar-refractivity contribution in [1.82, 2.24) is 14.5 Å². The molecule has 7 nitrogen and oxygen atoms in total. The Hall–Kier alpha value is -3.14. The Morgan fingerprint density at radius 3 is 2.53 bits per heavy atom. The fourth-order valence-electron chi connectivity index (χ4n) is 2.42. The first kappa shape index (κ1) is 23.1. The SMILES string of the molecule is CCn1c(C)cc(OCc2ccc(F)cc2F)c(Br)c1=O.O=C(O)c1cnccn1. The molecule has 0 radical (unpaired) electrons. The molecule has 0 spiro atoms. The molecule has 0 aliphatic heterocycles. The second kappa shape index (κ2) is 10.6. The Balaban J connectivity index is 0.000000297. The zero-order valence-corrected chi connectivity index (χ0v) is 17.7. The molecule has 2 heterocycles. The van der Waals surface area contributed by atoms with E-state index in [0.717, 1.165) is 17.8 Å². The molecule has 0 fully saturated rings. The van der Waals surface area contributed by atoms with Crippen LogP contribution in [0.2, 0.25) is 0 Å². The maximum atomic E-state index is 13.5. The molecule has 10 heteroatoms.